The third-order valence-corrected chi connectivity index (χ3v) is 4.62. The second-order valence-corrected chi connectivity index (χ2v) is 6.19. The molecule has 4 N–H and O–H groups in total. The van der Waals surface area contributed by atoms with Gasteiger partial charge in [-0.3, -0.25) is 0 Å². The Labute approximate surface area is 119 Å². The molecular weight excluding hydrogens is 268 g/mol. The number of aliphatic hydroxyl groups is 4. The minimum atomic E-state index is -1.26. The molecule has 0 aliphatic carbocycles. The van der Waals surface area contributed by atoms with Crippen LogP contribution in [0.15, 0.2) is 0 Å². The summed E-state index contributed by atoms with van der Waals surface area (Å²) >= 11 is 1.43. The number of aliphatic hydroxyl groups excluding tert-OH is 4. The molecule has 19 heavy (non-hydrogen) atoms. The molecule has 1 fully saturated rings. The van der Waals surface area contributed by atoms with Crippen LogP contribution in [0.5, 0.6) is 0 Å². The fourth-order valence-corrected chi connectivity index (χ4v) is 3.29. The predicted molar refractivity (Wildman–Crippen MR) is 75.0 cm³/mol. The van der Waals surface area contributed by atoms with Gasteiger partial charge >= 0.3 is 0 Å². The molecule has 1 rings (SSSR count). The van der Waals surface area contributed by atoms with E-state index in [9.17, 15) is 15.3 Å². The molecule has 0 radical (unpaired) electrons. The van der Waals surface area contributed by atoms with Crippen molar-refractivity contribution in [1.29, 1.82) is 0 Å². The van der Waals surface area contributed by atoms with Crippen molar-refractivity contribution in [3.05, 3.63) is 0 Å². The summed E-state index contributed by atoms with van der Waals surface area (Å²) in [5.41, 5.74) is -0.582. The monoisotopic (exact) mass is 294 g/mol. The van der Waals surface area contributed by atoms with Crippen LogP contribution in [0.1, 0.15) is 39.0 Å². The van der Waals surface area contributed by atoms with Gasteiger partial charge in [-0.15, -0.1) is 11.8 Å². The van der Waals surface area contributed by atoms with E-state index in [1.807, 2.05) is 0 Å². The Morgan fingerprint density at radius 3 is 2.26 bits per heavy atom. The van der Waals surface area contributed by atoms with E-state index in [1.54, 1.807) is 0 Å². The van der Waals surface area contributed by atoms with Crippen LogP contribution in [0.3, 0.4) is 0 Å². The zero-order valence-electron chi connectivity index (χ0n) is 11.4. The maximum atomic E-state index is 9.82. The molecule has 2 unspecified atom stereocenters. The summed E-state index contributed by atoms with van der Waals surface area (Å²) in [5.74, 6) is 0.840. The zero-order valence-corrected chi connectivity index (χ0v) is 12.3. The van der Waals surface area contributed by atoms with E-state index in [1.165, 1.54) is 31.0 Å². The number of thioether (sulfide) groups is 1. The number of ether oxygens (including phenoxy) is 1. The maximum absolute atomic E-state index is 9.82. The minimum Gasteiger partial charge on any atom is -0.394 e. The van der Waals surface area contributed by atoms with Crippen molar-refractivity contribution in [3.63, 3.8) is 0 Å². The van der Waals surface area contributed by atoms with E-state index < -0.39 is 29.9 Å². The highest BCUT2D eigenvalue weighted by Crippen LogP contribution is 2.29. The van der Waals surface area contributed by atoms with Gasteiger partial charge in [0.15, 0.2) is 0 Å². The lowest BCUT2D eigenvalue weighted by Gasteiger charge is -2.39. The van der Waals surface area contributed by atoms with Crippen LogP contribution < -0.4 is 0 Å². The maximum Gasteiger partial charge on any atom is 0.132 e. The van der Waals surface area contributed by atoms with Gasteiger partial charge in [0.1, 0.15) is 29.9 Å². The molecule has 114 valence electrons. The first-order valence-electron chi connectivity index (χ1n) is 7.04. The fourth-order valence-electron chi connectivity index (χ4n) is 2.11. The molecule has 0 amide bonds. The highest BCUT2D eigenvalue weighted by molar-refractivity contribution is 7.99. The smallest absolute Gasteiger partial charge is 0.132 e. The van der Waals surface area contributed by atoms with Gasteiger partial charge in [-0.2, -0.15) is 0 Å². The fraction of sp³-hybridized carbons (Fsp3) is 1.00. The standard InChI is InChI=1S/C13H26O5S/c1-2-3-4-5-6-7-19-13-12(17)11(16)10(15)9(8-14)18-13/h9-17H,2-8H2,1H3/t9?,10-,11+,12?,13+/m1/s1. The topological polar surface area (TPSA) is 90.2 Å². The SMILES string of the molecule is CCCCCCCS[C@@H]1OC(CO)[C@@H](O)[C@H](O)C1O. The van der Waals surface area contributed by atoms with E-state index in [0.717, 1.165) is 18.6 Å². The van der Waals surface area contributed by atoms with Gasteiger partial charge in [0, 0.05) is 0 Å². The quantitative estimate of drug-likeness (QED) is 0.487. The average Bonchev–Trinajstić information content (AvgIpc) is 2.42. The summed E-state index contributed by atoms with van der Waals surface area (Å²) in [7, 11) is 0. The van der Waals surface area contributed by atoms with Gasteiger partial charge in [-0.25, -0.2) is 0 Å². The predicted octanol–water partition coefficient (Wildman–Crippen LogP) is 0.490. The number of rotatable bonds is 8. The van der Waals surface area contributed by atoms with E-state index in [4.69, 9.17) is 9.84 Å². The molecule has 0 saturated carbocycles. The molecule has 1 saturated heterocycles. The second-order valence-electron chi connectivity index (χ2n) is 4.98. The van der Waals surface area contributed by atoms with Gasteiger partial charge in [0.25, 0.3) is 0 Å². The van der Waals surface area contributed by atoms with Gasteiger partial charge in [-0.1, -0.05) is 32.6 Å². The highest BCUT2D eigenvalue weighted by Gasteiger charge is 2.43. The highest BCUT2D eigenvalue weighted by atomic mass is 32.2. The molecule has 1 aliphatic rings. The first-order valence-corrected chi connectivity index (χ1v) is 8.08. The van der Waals surface area contributed by atoms with Crippen LogP contribution in [-0.4, -0.2) is 62.6 Å². The number of unbranched alkanes of at least 4 members (excludes halogenated alkanes) is 4. The largest absolute Gasteiger partial charge is 0.394 e. The van der Waals surface area contributed by atoms with Crippen LogP contribution >= 0.6 is 11.8 Å². The lowest BCUT2D eigenvalue weighted by atomic mass is 10.0. The van der Waals surface area contributed by atoms with Crippen LogP contribution in [-0.2, 0) is 4.74 Å². The number of hydrogen-bond donors (Lipinski definition) is 4. The number of hydrogen-bond acceptors (Lipinski definition) is 6. The molecule has 0 aromatic rings. The normalized spacial score (nSPS) is 35.5. The Morgan fingerprint density at radius 1 is 0.947 bits per heavy atom. The summed E-state index contributed by atoms with van der Waals surface area (Å²) in [6.45, 7) is 1.81. The van der Waals surface area contributed by atoms with Crippen LogP contribution in [0.25, 0.3) is 0 Å². The lowest BCUT2D eigenvalue weighted by molar-refractivity contribution is -0.205. The minimum absolute atomic E-state index is 0.363. The zero-order chi connectivity index (χ0) is 14.3. The molecule has 0 bridgehead atoms. The van der Waals surface area contributed by atoms with E-state index in [0.29, 0.717) is 0 Å². The molecule has 0 aromatic heterocycles. The van der Waals surface area contributed by atoms with Gasteiger partial charge in [0.2, 0.25) is 0 Å². The van der Waals surface area contributed by atoms with Gasteiger partial charge in [-0.05, 0) is 12.2 Å². The van der Waals surface area contributed by atoms with Crippen molar-refractivity contribution < 1.29 is 25.2 Å². The van der Waals surface area contributed by atoms with Crippen LogP contribution in [0, 0.1) is 0 Å². The van der Waals surface area contributed by atoms with Gasteiger partial charge in [0.05, 0.1) is 6.61 Å². The lowest BCUT2D eigenvalue weighted by Crippen LogP contribution is -2.57. The second kappa shape index (κ2) is 9.15. The first-order chi connectivity index (χ1) is 9.11. The summed E-state index contributed by atoms with van der Waals surface area (Å²) in [6.07, 6.45) is 1.42. The van der Waals surface area contributed by atoms with Crippen LogP contribution in [0.4, 0.5) is 0 Å². The molecule has 0 spiro atoms. The van der Waals surface area contributed by atoms with Crippen molar-refractivity contribution in [1.82, 2.24) is 0 Å². The molecule has 5 atom stereocenters. The molecule has 6 heteroatoms. The molecule has 5 nitrogen and oxygen atoms in total. The summed E-state index contributed by atoms with van der Waals surface area (Å²) in [5, 5.41) is 38.2. The molecule has 1 heterocycles. The van der Waals surface area contributed by atoms with Crippen molar-refractivity contribution >= 4 is 11.8 Å². The third-order valence-electron chi connectivity index (χ3n) is 3.38. The van der Waals surface area contributed by atoms with E-state index in [2.05, 4.69) is 6.92 Å². The Hall–Kier alpha value is 0.150. The Bertz CT molecular complexity index is 239. The molecule has 0 aromatic carbocycles. The van der Waals surface area contributed by atoms with Gasteiger partial charge < -0.3 is 25.2 Å². The van der Waals surface area contributed by atoms with Crippen LogP contribution in [0.2, 0.25) is 0 Å². The van der Waals surface area contributed by atoms with Crippen molar-refractivity contribution in [2.75, 3.05) is 12.4 Å². The van der Waals surface area contributed by atoms with Crippen molar-refractivity contribution in [2.24, 2.45) is 0 Å². The first kappa shape index (κ1) is 17.2. The molecular formula is C13H26O5S. The third kappa shape index (κ3) is 5.21. The van der Waals surface area contributed by atoms with Crippen molar-refractivity contribution in [2.45, 2.75) is 68.9 Å². The van der Waals surface area contributed by atoms with Crippen molar-refractivity contribution in [3.8, 4) is 0 Å². The Balaban J connectivity index is 2.28. The van der Waals surface area contributed by atoms with E-state index >= 15 is 0 Å². The Kier molecular flexibility index (Phi) is 8.29. The molecule has 1 aliphatic heterocycles. The summed E-state index contributed by atoms with van der Waals surface area (Å²) < 4.78 is 5.41. The Morgan fingerprint density at radius 2 is 1.63 bits per heavy atom. The summed E-state index contributed by atoms with van der Waals surface area (Å²) in [6, 6.07) is 0. The summed E-state index contributed by atoms with van der Waals surface area (Å²) in [4.78, 5) is 0. The van der Waals surface area contributed by atoms with E-state index in [-0.39, 0.29) is 6.61 Å². The average molecular weight is 294 g/mol.